The van der Waals surface area contributed by atoms with E-state index >= 15 is 0 Å². The van der Waals surface area contributed by atoms with Gasteiger partial charge in [0.05, 0.1) is 6.61 Å². The Kier molecular flexibility index (Phi) is 2.24. The third kappa shape index (κ3) is 1.62. The zero-order valence-electron chi connectivity index (χ0n) is 7.64. The Morgan fingerprint density at radius 3 is 2.79 bits per heavy atom. The maximum atomic E-state index is 8.81. The first-order valence-corrected chi connectivity index (χ1v) is 4.16. The number of nitrogens with zero attached hydrogens (tertiary/aromatic N) is 3. The molecule has 0 aliphatic rings. The number of aromatic nitrogens is 3. The van der Waals surface area contributed by atoms with Crippen LogP contribution >= 0.6 is 0 Å². The SMILES string of the molecule is Cc1noc(-c2ccc(CO)cn2)n1. The minimum atomic E-state index is -0.0177. The first kappa shape index (κ1) is 8.83. The lowest BCUT2D eigenvalue weighted by molar-refractivity contribution is 0.281. The highest BCUT2D eigenvalue weighted by Gasteiger charge is 2.06. The second-order valence-electron chi connectivity index (χ2n) is 2.86. The second kappa shape index (κ2) is 3.55. The van der Waals surface area contributed by atoms with Crippen LogP contribution in [0.3, 0.4) is 0 Å². The van der Waals surface area contributed by atoms with Crippen molar-refractivity contribution >= 4 is 0 Å². The number of aryl methyl sites for hydroxylation is 1. The van der Waals surface area contributed by atoms with Gasteiger partial charge in [-0.3, -0.25) is 4.98 Å². The summed E-state index contributed by atoms with van der Waals surface area (Å²) < 4.78 is 4.94. The largest absolute Gasteiger partial charge is 0.392 e. The molecule has 0 saturated carbocycles. The van der Waals surface area contributed by atoms with Crippen LogP contribution in [0.15, 0.2) is 22.9 Å². The molecule has 0 bridgehead atoms. The van der Waals surface area contributed by atoms with Crippen LogP contribution in [0.2, 0.25) is 0 Å². The Bertz CT molecular complexity index is 422. The molecule has 2 aromatic rings. The van der Waals surface area contributed by atoms with Crippen LogP contribution in [0.1, 0.15) is 11.4 Å². The highest BCUT2D eigenvalue weighted by molar-refractivity contribution is 5.46. The monoisotopic (exact) mass is 191 g/mol. The number of rotatable bonds is 2. The Morgan fingerprint density at radius 2 is 2.29 bits per heavy atom. The molecule has 0 saturated heterocycles. The van der Waals surface area contributed by atoms with Gasteiger partial charge in [0.1, 0.15) is 5.69 Å². The lowest BCUT2D eigenvalue weighted by Gasteiger charge is -1.95. The lowest BCUT2D eigenvalue weighted by Crippen LogP contribution is -1.87. The zero-order valence-corrected chi connectivity index (χ0v) is 7.64. The van der Waals surface area contributed by atoms with Gasteiger partial charge in [-0.05, 0) is 18.6 Å². The van der Waals surface area contributed by atoms with Crippen molar-refractivity contribution in [2.24, 2.45) is 0 Å². The average Bonchev–Trinajstić information content (AvgIpc) is 2.65. The predicted molar refractivity (Wildman–Crippen MR) is 48.2 cm³/mol. The molecule has 0 radical (unpaired) electrons. The minimum absolute atomic E-state index is 0.0177. The molecular weight excluding hydrogens is 182 g/mol. The van der Waals surface area contributed by atoms with Gasteiger partial charge in [-0.25, -0.2) is 0 Å². The molecule has 2 heterocycles. The van der Waals surface area contributed by atoms with Crippen LogP contribution in [0.5, 0.6) is 0 Å². The Morgan fingerprint density at radius 1 is 1.43 bits per heavy atom. The van der Waals surface area contributed by atoms with Gasteiger partial charge in [-0.1, -0.05) is 11.2 Å². The molecule has 0 aromatic carbocycles. The molecule has 5 heteroatoms. The van der Waals surface area contributed by atoms with Crippen molar-refractivity contribution in [2.45, 2.75) is 13.5 Å². The summed E-state index contributed by atoms with van der Waals surface area (Å²) in [5.74, 6) is 0.972. The fraction of sp³-hybridized carbons (Fsp3) is 0.222. The molecular formula is C9H9N3O2. The third-order valence-electron chi connectivity index (χ3n) is 1.75. The van der Waals surface area contributed by atoms with Gasteiger partial charge in [0.25, 0.3) is 5.89 Å². The zero-order chi connectivity index (χ0) is 9.97. The number of pyridine rings is 1. The molecule has 0 aliphatic heterocycles. The number of hydrogen-bond donors (Lipinski definition) is 1. The van der Waals surface area contributed by atoms with Crippen LogP contribution in [-0.2, 0) is 6.61 Å². The van der Waals surface area contributed by atoms with E-state index in [2.05, 4.69) is 15.1 Å². The van der Waals surface area contributed by atoms with E-state index in [-0.39, 0.29) is 6.61 Å². The first-order valence-electron chi connectivity index (χ1n) is 4.16. The van der Waals surface area contributed by atoms with E-state index in [1.807, 2.05) is 0 Å². The molecule has 0 atom stereocenters. The van der Waals surface area contributed by atoms with Crippen molar-refractivity contribution < 1.29 is 9.63 Å². The lowest BCUT2D eigenvalue weighted by atomic mass is 10.2. The van der Waals surface area contributed by atoms with Crippen LogP contribution in [0, 0.1) is 6.92 Å². The summed E-state index contributed by atoms with van der Waals surface area (Å²) in [7, 11) is 0. The fourth-order valence-corrected chi connectivity index (χ4v) is 1.05. The molecule has 0 fully saturated rings. The van der Waals surface area contributed by atoms with Gasteiger partial charge in [0, 0.05) is 6.20 Å². The molecule has 1 N–H and O–H groups in total. The van der Waals surface area contributed by atoms with Crippen LogP contribution in [0.4, 0.5) is 0 Å². The van der Waals surface area contributed by atoms with Crippen molar-refractivity contribution in [1.29, 1.82) is 0 Å². The van der Waals surface area contributed by atoms with Crippen molar-refractivity contribution in [3.8, 4) is 11.6 Å². The van der Waals surface area contributed by atoms with Crippen molar-refractivity contribution in [3.63, 3.8) is 0 Å². The van der Waals surface area contributed by atoms with Crippen LogP contribution in [-0.4, -0.2) is 20.2 Å². The summed E-state index contributed by atoms with van der Waals surface area (Å²) in [5, 5.41) is 12.5. The van der Waals surface area contributed by atoms with Gasteiger partial charge in [-0.2, -0.15) is 4.98 Å². The maximum absolute atomic E-state index is 8.81. The number of aliphatic hydroxyl groups excluding tert-OH is 1. The molecule has 2 rings (SSSR count). The van der Waals surface area contributed by atoms with Crippen LogP contribution in [0.25, 0.3) is 11.6 Å². The molecule has 14 heavy (non-hydrogen) atoms. The average molecular weight is 191 g/mol. The smallest absolute Gasteiger partial charge is 0.276 e. The van der Waals surface area contributed by atoms with Gasteiger partial charge >= 0.3 is 0 Å². The minimum Gasteiger partial charge on any atom is -0.392 e. The number of hydrogen-bond acceptors (Lipinski definition) is 5. The summed E-state index contributed by atoms with van der Waals surface area (Å²) in [4.78, 5) is 8.11. The predicted octanol–water partition coefficient (Wildman–Crippen LogP) is 0.932. The molecule has 0 spiro atoms. The molecule has 72 valence electrons. The fourth-order valence-electron chi connectivity index (χ4n) is 1.05. The van der Waals surface area contributed by atoms with E-state index in [0.29, 0.717) is 17.4 Å². The first-order chi connectivity index (χ1) is 6.79. The standard InChI is InChI=1S/C9H9N3O2/c1-6-11-9(14-12-6)8-3-2-7(5-13)4-10-8/h2-4,13H,5H2,1H3. The molecule has 0 unspecified atom stereocenters. The highest BCUT2D eigenvalue weighted by Crippen LogP contribution is 2.13. The van der Waals surface area contributed by atoms with Gasteiger partial charge in [-0.15, -0.1) is 0 Å². The van der Waals surface area contributed by atoms with E-state index in [4.69, 9.17) is 9.63 Å². The quantitative estimate of drug-likeness (QED) is 0.764. The van der Waals surface area contributed by atoms with Gasteiger partial charge < -0.3 is 9.63 Å². The molecule has 5 nitrogen and oxygen atoms in total. The Hall–Kier alpha value is -1.75. The van der Waals surface area contributed by atoms with Crippen molar-refractivity contribution in [1.82, 2.24) is 15.1 Å². The van der Waals surface area contributed by atoms with Crippen molar-refractivity contribution in [3.05, 3.63) is 29.7 Å². The topological polar surface area (TPSA) is 72.0 Å². The molecule has 2 aromatic heterocycles. The van der Waals surface area contributed by atoms with Crippen molar-refractivity contribution in [2.75, 3.05) is 0 Å². The van der Waals surface area contributed by atoms with E-state index < -0.39 is 0 Å². The summed E-state index contributed by atoms with van der Waals surface area (Å²) >= 11 is 0. The third-order valence-corrected chi connectivity index (χ3v) is 1.75. The Balaban J connectivity index is 2.33. The summed E-state index contributed by atoms with van der Waals surface area (Å²) in [6.07, 6.45) is 1.58. The maximum Gasteiger partial charge on any atom is 0.276 e. The summed E-state index contributed by atoms with van der Waals surface area (Å²) in [5.41, 5.74) is 1.37. The van der Waals surface area contributed by atoms with E-state index in [1.165, 1.54) is 0 Å². The normalized spacial score (nSPS) is 10.4. The Labute approximate surface area is 80.4 Å². The summed E-state index contributed by atoms with van der Waals surface area (Å²) in [6, 6.07) is 3.50. The van der Waals surface area contributed by atoms with E-state index in [1.54, 1.807) is 25.3 Å². The molecule has 0 aliphatic carbocycles. The number of aliphatic hydroxyl groups is 1. The van der Waals surface area contributed by atoms with E-state index in [0.717, 1.165) is 5.56 Å². The molecule has 0 amide bonds. The second-order valence-corrected chi connectivity index (χ2v) is 2.86. The van der Waals surface area contributed by atoms with Gasteiger partial charge in [0.2, 0.25) is 0 Å². The summed E-state index contributed by atoms with van der Waals surface area (Å²) in [6.45, 7) is 1.73. The van der Waals surface area contributed by atoms with E-state index in [9.17, 15) is 0 Å². The van der Waals surface area contributed by atoms with Crippen LogP contribution < -0.4 is 0 Å². The van der Waals surface area contributed by atoms with Gasteiger partial charge in [0.15, 0.2) is 5.82 Å². The highest BCUT2D eigenvalue weighted by atomic mass is 16.5.